The van der Waals surface area contributed by atoms with Crippen LogP contribution >= 0.6 is 35.0 Å². The molecule has 0 bridgehead atoms. The molecular formula is C16H10Cl2N4S. The molecule has 1 aliphatic rings. The van der Waals surface area contributed by atoms with Crippen LogP contribution in [0.4, 0.5) is 0 Å². The van der Waals surface area contributed by atoms with Crippen LogP contribution < -0.4 is 0 Å². The second-order valence-corrected chi connectivity index (χ2v) is 6.78. The van der Waals surface area contributed by atoms with Crippen LogP contribution in [0.25, 0.3) is 11.4 Å². The van der Waals surface area contributed by atoms with Crippen LogP contribution in [0.5, 0.6) is 0 Å². The number of thioether (sulfide) groups is 1. The molecule has 0 atom stereocenters. The number of halogens is 2. The van der Waals surface area contributed by atoms with Gasteiger partial charge in [-0.2, -0.15) is 9.78 Å². The summed E-state index contributed by atoms with van der Waals surface area (Å²) in [5.74, 6) is 1.45. The third-order valence-corrected chi connectivity index (χ3v) is 4.89. The summed E-state index contributed by atoms with van der Waals surface area (Å²) in [6.45, 7) is 0. The van der Waals surface area contributed by atoms with Crippen molar-refractivity contribution in [3.8, 4) is 11.4 Å². The predicted octanol–water partition coefficient (Wildman–Crippen LogP) is 4.61. The van der Waals surface area contributed by atoms with Gasteiger partial charge in [-0.3, -0.25) is 0 Å². The maximum absolute atomic E-state index is 5.95. The minimum absolute atomic E-state index is 0.687. The van der Waals surface area contributed by atoms with Crippen LogP contribution in [-0.4, -0.2) is 26.3 Å². The van der Waals surface area contributed by atoms with Crippen LogP contribution in [0.3, 0.4) is 0 Å². The Bertz CT molecular complexity index is 885. The largest absolute Gasteiger partial charge is 0.212 e. The van der Waals surface area contributed by atoms with Crippen molar-refractivity contribution < 1.29 is 0 Å². The van der Waals surface area contributed by atoms with E-state index in [0.717, 1.165) is 27.7 Å². The molecule has 4 rings (SSSR count). The zero-order valence-corrected chi connectivity index (χ0v) is 14.1. The summed E-state index contributed by atoms with van der Waals surface area (Å²) in [6, 6.07) is 15.2. The van der Waals surface area contributed by atoms with Gasteiger partial charge in [0.25, 0.3) is 0 Å². The number of hydrogen-bond acceptors (Lipinski definition) is 4. The van der Waals surface area contributed by atoms with E-state index in [9.17, 15) is 0 Å². The van der Waals surface area contributed by atoms with Gasteiger partial charge in [-0.25, -0.2) is 0 Å². The lowest BCUT2D eigenvalue weighted by atomic mass is 10.1. The Morgan fingerprint density at radius 2 is 1.43 bits per heavy atom. The molecule has 0 unspecified atom stereocenters. The summed E-state index contributed by atoms with van der Waals surface area (Å²) in [7, 11) is 0. The van der Waals surface area contributed by atoms with E-state index < -0.39 is 0 Å². The van der Waals surface area contributed by atoms with Gasteiger partial charge in [-0.1, -0.05) is 47.1 Å². The average Bonchev–Trinajstić information content (AvgIpc) is 2.99. The summed E-state index contributed by atoms with van der Waals surface area (Å²) >= 11 is 13.5. The molecule has 0 fully saturated rings. The van der Waals surface area contributed by atoms with Gasteiger partial charge in [0.2, 0.25) is 5.16 Å². The lowest BCUT2D eigenvalue weighted by Crippen LogP contribution is -2.13. The van der Waals surface area contributed by atoms with Crippen molar-refractivity contribution in [3.63, 3.8) is 0 Å². The SMILES string of the molecule is Clc1ccc(C2=Nn3c(nnc3-c3ccc(Cl)cc3)SC2)cc1. The fourth-order valence-electron chi connectivity index (χ4n) is 2.29. The van der Waals surface area contributed by atoms with E-state index in [-0.39, 0.29) is 0 Å². The van der Waals surface area contributed by atoms with Gasteiger partial charge in [0, 0.05) is 21.4 Å². The van der Waals surface area contributed by atoms with Crippen LogP contribution in [0.2, 0.25) is 10.0 Å². The number of benzene rings is 2. The van der Waals surface area contributed by atoms with E-state index in [1.165, 1.54) is 0 Å². The summed E-state index contributed by atoms with van der Waals surface area (Å²) in [6.07, 6.45) is 0. The van der Waals surface area contributed by atoms with Crippen LogP contribution in [0.15, 0.2) is 58.8 Å². The van der Waals surface area contributed by atoms with E-state index in [4.69, 9.17) is 28.3 Å². The van der Waals surface area contributed by atoms with Gasteiger partial charge in [-0.15, -0.1) is 10.2 Å². The van der Waals surface area contributed by atoms with E-state index >= 15 is 0 Å². The Kier molecular flexibility index (Phi) is 3.85. The Balaban J connectivity index is 1.77. The average molecular weight is 361 g/mol. The van der Waals surface area contributed by atoms with E-state index in [0.29, 0.717) is 15.9 Å². The van der Waals surface area contributed by atoms with Crippen molar-refractivity contribution in [1.29, 1.82) is 0 Å². The second kappa shape index (κ2) is 6.00. The fraction of sp³-hybridized carbons (Fsp3) is 0.0625. The highest BCUT2D eigenvalue weighted by Crippen LogP contribution is 2.29. The van der Waals surface area contributed by atoms with Crippen LogP contribution in [-0.2, 0) is 0 Å². The Labute approximate surface area is 147 Å². The molecule has 2 heterocycles. The molecule has 7 heteroatoms. The third-order valence-electron chi connectivity index (χ3n) is 3.45. The monoisotopic (exact) mass is 360 g/mol. The first-order valence-electron chi connectivity index (χ1n) is 6.89. The van der Waals surface area contributed by atoms with Crippen molar-refractivity contribution in [2.75, 3.05) is 5.75 Å². The molecule has 0 amide bonds. The molecule has 0 aliphatic carbocycles. The number of nitrogens with zero attached hydrogens (tertiary/aromatic N) is 4. The molecule has 1 aliphatic heterocycles. The van der Waals surface area contributed by atoms with E-state index in [2.05, 4.69) is 10.2 Å². The predicted molar refractivity (Wildman–Crippen MR) is 94.6 cm³/mol. The van der Waals surface area contributed by atoms with Crippen molar-refractivity contribution in [3.05, 3.63) is 64.1 Å². The van der Waals surface area contributed by atoms with Gasteiger partial charge in [-0.05, 0) is 42.0 Å². The van der Waals surface area contributed by atoms with Gasteiger partial charge < -0.3 is 0 Å². The highest BCUT2D eigenvalue weighted by atomic mass is 35.5. The molecule has 3 aromatic rings. The molecule has 0 saturated carbocycles. The van der Waals surface area contributed by atoms with Gasteiger partial charge in [0.1, 0.15) is 0 Å². The molecule has 1 aromatic heterocycles. The molecule has 2 aromatic carbocycles. The first-order valence-corrected chi connectivity index (χ1v) is 8.63. The first kappa shape index (κ1) is 14.8. The van der Waals surface area contributed by atoms with Crippen LogP contribution in [0.1, 0.15) is 5.56 Å². The molecule has 23 heavy (non-hydrogen) atoms. The minimum Gasteiger partial charge on any atom is -0.187 e. The molecule has 0 spiro atoms. The normalized spacial score (nSPS) is 13.6. The molecule has 114 valence electrons. The molecular weight excluding hydrogens is 351 g/mol. The van der Waals surface area contributed by atoms with Gasteiger partial charge in [0.15, 0.2) is 5.82 Å². The van der Waals surface area contributed by atoms with Crippen molar-refractivity contribution in [1.82, 2.24) is 14.9 Å². The third kappa shape index (κ3) is 2.87. The lowest BCUT2D eigenvalue weighted by molar-refractivity contribution is 0.762. The van der Waals surface area contributed by atoms with E-state index in [1.807, 2.05) is 48.5 Å². The molecule has 4 nitrogen and oxygen atoms in total. The lowest BCUT2D eigenvalue weighted by Gasteiger charge is -2.14. The Hall–Kier alpha value is -1.82. The van der Waals surface area contributed by atoms with Gasteiger partial charge in [0.05, 0.1) is 5.71 Å². The number of aromatic nitrogens is 3. The summed E-state index contributed by atoms with van der Waals surface area (Å²) in [5.41, 5.74) is 2.94. The highest BCUT2D eigenvalue weighted by Gasteiger charge is 2.20. The number of hydrogen-bond donors (Lipinski definition) is 0. The quantitative estimate of drug-likeness (QED) is 0.670. The fourth-order valence-corrected chi connectivity index (χ4v) is 3.38. The van der Waals surface area contributed by atoms with Crippen molar-refractivity contribution >= 4 is 40.7 Å². The maximum atomic E-state index is 5.95. The zero-order valence-electron chi connectivity index (χ0n) is 11.8. The number of rotatable bonds is 2. The van der Waals surface area contributed by atoms with Crippen molar-refractivity contribution in [2.45, 2.75) is 5.16 Å². The minimum atomic E-state index is 0.687. The molecule has 0 radical (unpaired) electrons. The summed E-state index contributed by atoms with van der Waals surface area (Å²) in [5, 5.41) is 15.4. The van der Waals surface area contributed by atoms with Gasteiger partial charge >= 0.3 is 0 Å². The Morgan fingerprint density at radius 1 is 0.826 bits per heavy atom. The number of fused-ring (bicyclic) bond motifs is 1. The first-order chi connectivity index (χ1) is 11.2. The van der Waals surface area contributed by atoms with E-state index in [1.54, 1.807) is 16.4 Å². The standard InChI is InChI=1S/C16H10Cl2N4S/c17-12-5-1-10(2-6-12)14-9-23-16-20-19-15(22(16)21-14)11-3-7-13(18)8-4-11/h1-8H,9H2. The Morgan fingerprint density at radius 3 is 2.09 bits per heavy atom. The summed E-state index contributed by atoms with van der Waals surface area (Å²) < 4.78 is 1.78. The summed E-state index contributed by atoms with van der Waals surface area (Å²) in [4.78, 5) is 0. The smallest absolute Gasteiger partial charge is 0.187 e. The molecule has 0 saturated heterocycles. The highest BCUT2D eigenvalue weighted by molar-refractivity contribution is 7.99. The van der Waals surface area contributed by atoms with Crippen molar-refractivity contribution in [2.24, 2.45) is 5.10 Å². The topological polar surface area (TPSA) is 43.1 Å². The second-order valence-electron chi connectivity index (χ2n) is 4.97. The van der Waals surface area contributed by atoms with Crippen LogP contribution in [0, 0.1) is 0 Å². The zero-order chi connectivity index (χ0) is 15.8. The molecule has 0 N–H and O–H groups in total. The maximum Gasteiger partial charge on any atom is 0.212 e.